The van der Waals surface area contributed by atoms with E-state index < -0.39 is 0 Å². The Kier molecular flexibility index (Phi) is 8.48. The number of hydrogen-bond acceptors (Lipinski definition) is 6. The van der Waals surface area contributed by atoms with E-state index in [1.807, 2.05) is 25.1 Å². The number of rotatable bonds is 11. The van der Waals surface area contributed by atoms with Gasteiger partial charge in [0.25, 0.3) is 0 Å². The number of aromatic nitrogens is 3. The average molecular weight is 505 g/mol. The molecule has 1 amide bonds. The van der Waals surface area contributed by atoms with Crippen molar-refractivity contribution < 1.29 is 14.3 Å². The summed E-state index contributed by atoms with van der Waals surface area (Å²) in [6, 6.07) is 20.5. The summed E-state index contributed by atoms with van der Waals surface area (Å²) in [5.41, 5.74) is 2.28. The van der Waals surface area contributed by atoms with E-state index >= 15 is 0 Å². The molecule has 1 heterocycles. The number of methoxy groups -OCH3 is 2. The molecular weight excluding hydrogens is 472 g/mol. The van der Waals surface area contributed by atoms with Gasteiger partial charge in [0.1, 0.15) is 5.82 Å². The fourth-order valence-corrected chi connectivity index (χ4v) is 5.15. The van der Waals surface area contributed by atoms with E-state index in [1.54, 1.807) is 14.2 Å². The first-order chi connectivity index (χ1) is 17.5. The predicted octanol–water partition coefficient (Wildman–Crippen LogP) is 4.90. The van der Waals surface area contributed by atoms with Crippen LogP contribution in [0.15, 0.2) is 65.8 Å². The van der Waals surface area contributed by atoms with Gasteiger partial charge in [0.15, 0.2) is 16.7 Å². The number of ether oxygens (including phenoxy) is 2. The number of amides is 1. The lowest BCUT2D eigenvalue weighted by atomic mass is 10.0. The summed E-state index contributed by atoms with van der Waals surface area (Å²) in [6.07, 6.45) is 1.39. The molecule has 36 heavy (non-hydrogen) atoms. The van der Waals surface area contributed by atoms with Gasteiger partial charge >= 0.3 is 0 Å². The average Bonchev–Trinajstić information content (AvgIpc) is 3.29. The molecule has 1 atom stereocenters. The molecule has 0 bridgehead atoms. The van der Waals surface area contributed by atoms with Crippen LogP contribution in [0.4, 0.5) is 0 Å². The second kappa shape index (κ2) is 11.9. The van der Waals surface area contributed by atoms with Crippen LogP contribution in [0, 0.1) is 0 Å². The Balaban J connectivity index is 1.37. The van der Waals surface area contributed by atoms with Crippen molar-refractivity contribution in [3.8, 4) is 11.5 Å². The van der Waals surface area contributed by atoms with Crippen LogP contribution in [0.5, 0.6) is 11.5 Å². The molecule has 0 aliphatic carbocycles. The largest absolute Gasteiger partial charge is 0.493 e. The molecule has 7 nitrogen and oxygen atoms in total. The van der Waals surface area contributed by atoms with Gasteiger partial charge in [-0.2, -0.15) is 0 Å². The molecule has 0 unspecified atom stereocenters. The lowest BCUT2D eigenvalue weighted by molar-refractivity contribution is -0.120. The summed E-state index contributed by atoms with van der Waals surface area (Å²) in [4.78, 5) is 12.8. The number of hydrogen-bond donors (Lipinski definition) is 1. The maximum absolute atomic E-state index is 12.8. The second-order valence-electron chi connectivity index (χ2n) is 8.45. The lowest BCUT2D eigenvalue weighted by Crippen LogP contribution is -2.32. The quantitative estimate of drug-likeness (QED) is 0.293. The molecule has 0 radical (unpaired) electrons. The van der Waals surface area contributed by atoms with Crippen LogP contribution in [0.2, 0.25) is 0 Å². The molecule has 0 aliphatic heterocycles. The molecule has 0 saturated heterocycles. The first-order valence-corrected chi connectivity index (χ1v) is 13.0. The monoisotopic (exact) mass is 504 g/mol. The molecule has 3 aromatic carbocycles. The number of carbonyl (C=O) groups excluding carboxylic acids is 1. The number of benzene rings is 3. The highest BCUT2D eigenvalue weighted by Gasteiger charge is 2.20. The fraction of sp³-hybridized carbons (Fsp3) is 0.321. The molecule has 4 rings (SSSR count). The summed E-state index contributed by atoms with van der Waals surface area (Å²) >= 11 is 1.44. The zero-order valence-corrected chi connectivity index (χ0v) is 22.0. The smallest absolute Gasteiger partial charge is 0.233 e. The zero-order chi connectivity index (χ0) is 25.5. The summed E-state index contributed by atoms with van der Waals surface area (Å²) in [5, 5.41) is 14.8. The normalized spacial score (nSPS) is 11.9. The van der Waals surface area contributed by atoms with Gasteiger partial charge < -0.3 is 19.4 Å². The predicted molar refractivity (Wildman–Crippen MR) is 144 cm³/mol. The van der Waals surface area contributed by atoms with Gasteiger partial charge in [0.2, 0.25) is 5.91 Å². The van der Waals surface area contributed by atoms with Gasteiger partial charge in [-0.25, -0.2) is 0 Å². The Morgan fingerprint density at radius 1 is 1.03 bits per heavy atom. The van der Waals surface area contributed by atoms with Crippen LogP contribution in [-0.2, 0) is 24.2 Å². The summed E-state index contributed by atoms with van der Waals surface area (Å²) in [6.45, 7) is 5.25. The molecule has 0 spiro atoms. The number of thioether (sulfide) groups is 1. The van der Waals surface area contributed by atoms with Crippen molar-refractivity contribution in [1.29, 1.82) is 0 Å². The summed E-state index contributed by atoms with van der Waals surface area (Å²) in [7, 11) is 3.23. The third-order valence-electron chi connectivity index (χ3n) is 6.15. The minimum Gasteiger partial charge on any atom is -0.493 e. The van der Waals surface area contributed by atoms with Crippen molar-refractivity contribution in [1.82, 2.24) is 20.1 Å². The van der Waals surface area contributed by atoms with E-state index in [-0.39, 0.29) is 11.2 Å². The van der Waals surface area contributed by atoms with Crippen molar-refractivity contribution in [2.24, 2.45) is 0 Å². The Bertz CT molecular complexity index is 1330. The van der Waals surface area contributed by atoms with Gasteiger partial charge in [0.05, 0.1) is 19.5 Å². The van der Waals surface area contributed by atoms with Gasteiger partial charge in [-0.3, -0.25) is 4.79 Å². The SMILES string of the molecule is CCn1c(Cc2cccc3ccccc23)nnc1S[C@H](C)C(=O)NCCc1ccc(OC)c(OC)c1. The Morgan fingerprint density at radius 2 is 1.81 bits per heavy atom. The topological polar surface area (TPSA) is 78.3 Å². The van der Waals surface area contributed by atoms with Crippen molar-refractivity contribution in [3.05, 3.63) is 77.6 Å². The minimum absolute atomic E-state index is 0.0262. The van der Waals surface area contributed by atoms with Crippen LogP contribution in [-0.4, -0.2) is 46.7 Å². The highest BCUT2D eigenvalue weighted by Crippen LogP contribution is 2.28. The first kappa shape index (κ1) is 25.6. The van der Waals surface area contributed by atoms with E-state index in [1.165, 1.54) is 28.1 Å². The van der Waals surface area contributed by atoms with Crippen molar-refractivity contribution in [2.45, 2.75) is 43.6 Å². The lowest BCUT2D eigenvalue weighted by Gasteiger charge is -2.14. The highest BCUT2D eigenvalue weighted by atomic mass is 32.2. The van der Waals surface area contributed by atoms with Gasteiger partial charge in [-0.05, 0) is 54.3 Å². The maximum atomic E-state index is 12.8. The van der Waals surface area contributed by atoms with Crippen molar-refractivity contribution in [2.75, 3.05) is 20.8 Å². The van der Waals surface area contributed by atoms with Gasteiger partial charge in [-0.15, -0.1) is 10.2 Å². The van der Waals surface area contributed by atoms with E-state index in [0.29, 0.717) is 30.9 Å². The second-order valence-corrected chi connectivity index (χ2v) is 9.76. The third kappa shape index (κ3) is 5.82. The molecular formula is C28H32N4O3S. The van der Waals surface area contributed by atoms with E-state index in [4.69, 9.17) is 9.47 Å². The fourth-order valence-electron chi connectivity index (χ4n) is 4.19. The Morgan fingerprint density at radius 3 is 2.58 bits per heavy atom. The van der Waals surface area contributed by atoms with E-state index in [2.05, 4.69) is 69.5 Å². The first-order valence-electron chi connectivity index (χ1n) is 12.1. The standard InChI is InChI=1S/C28H32N4O3S/c1-5-32-26(18-22-11-8-10-21-9-6-7-12-23(21)22)30-31-28(32)36-19(2)27(33)29-16-15-20-13-14-24(34-3)25(17-20)35-4/h6-14,17,19H,5,15-16,18H2,1-4H3,(H,29,33)/t19-/m1/s1. The molecule has 1 N–H and O–H groups in total. The molecule has 4 aromatic rings. The van der Waals surface area contributed by atoms with Crippen LogP contribution in [0.1, 0.15) is 30.8 Å². The molecule has 188 valence electrons. The van der Waals surface area contributed by atoms with Crippen molar-refractivity contribution in [3.63, 3.8) is 0 Å². The Labute approximate surface area is 216 Å². The minimum atomic E-state index is -0.296. The third-order valence-corrected chi connectivity index (χ3v) is 7.23. The molecule has 1 aromatic heterocycles. The number of nitrogens with one attached hydrogen (secondary N) is 1. The highest BCUT2D eigenvalue weighted by molar-refractivity contribution is 8.00. The zero-order valence-electron chi connectivity index (χ0n) is 21.2. The van der Waals surface area contributed by atoms with Gasteiger partial charge in [-0.1, -0.05) is 60.3 Å². The summed E-state index contributed by atoms with van der Waals surface area (Å²) < 4.78 is 12.7. The number of carbonyl (C=O) groups is 1. The van der Waals surface area contributed by atoms with E-state index in [9.17, 15) is 4.79 Å². The Hall–Kier alpha value is -3.52. The van der Waals surface area contributed by atoms with Crippen molar-refractivity contribution >= 4 is 28.4 Å². The molecule has 0 saturated carbocycles. The molecule has 0 aliphatic rings. The van der Waals surface area contributed by atoms with Crippen LogP contribution >= 0.6 is 11.8 Å². The van der Waals surface area contributed by atoms with Crippen LogP contribution < -0.4 is 14.8 Å². The van der Waals surface area contributed by atoms with E-state index in [0.717, 1.165) is 23.1 Å². The molecule has 0 fully saturated rings. The number of nitrogens with zero attached hydrogens (tertiary/aromatic N) is 3. The summed E-state index contributed by atoms with van der Waals surface area (Å²) in [5.74, 6) is 2.25. The number of fused-ring (bicyclic) bond motifs is 1. The van der Waals surface area contributed by atoms with Crippen LogP contribution in [0.25, 0.3) is 10.8 Å². The van der Waals surface area contributed by atoms with Crippen LogP contribution in [0.3, 0.4) is 0 Å². The molecule has 8 heteroatoms. The van der Waals surface area contributed by atoms with Gasteiger partial charge in [0, 0.05) is 19.5 Å². The maximum Gasteiger partial charge on any atom is 0.233 e.